The molecule has 1 aromatic heterocycles. The molecule has 5 nitrogen and oxygen atoms in total. The van der Waals surface area contributed by atoms with Crippen LogP contribution < -0.4 is 9.47 Å². The zero-order valence-corrected chi connectivity index (χ0v) is 11.5. The van der Waals surface area contributed by atoms with E-state index in [9.17, 15) is 0 Å². The van der Waals surface area contributed by atoms with Crippen molar-refractivity contribution in [1.82, 2.24) is 15.0 Å². The minimum absolute atomic E-state index is 0.226. The lowest BCUT2D eigenvalue weighted by atomic mass is 10.3. The maximum absolute atomic E-state index is 5.60. The molecule has 0 radical (unpaired) electrons. The molecule has 0 amide bonds. The average molecular weight is 285 g/mol. The van der Waals surface area contributed by atoms with Crippen LogP contribution in [0.4, 0.5) is 0 Å². The molecule has 100 valence electrons. The van der Waals surface area contributed by atoms with Gasteiger partial charge in [-0.1, -0.05) is 17.3 Å². The van der Waals surface area contributed by atoms with Gasteiger partial charge in [0.15, 0.2) is 0 Å². The molecule has 0 saturated heterocycles. The van der Waals surface area contributed by atoms with E-state index in [1.807, 2.05) is 24.3 Å². The molecule has 0 atom stereocenters. The van der Waals surface area contributed by atoms with Gasteiger partial charge in [-0.15, -0.1) is 5.10 Å². The third kappa shape index (κ3) is 2.33. The number of para-hydroxylation sites is 1. The van der Waals surface area contributed by atoms with Gasteiger partial charge in [-0.2, -0.15) is 4.68 Å². The number of hydrogen-bond acceptors (Lipinski definition) is 5. The van der Waals surface area contributed by atoms with Crippen LogP contribution in [0.3, 0.4) is 0 Å². The number of thiocarbonyl (C=S) groups is 1. The van der Waals surface area contributed by atoms with Crippen molar-refractivity contribution in [2.45, 2.75) is 0 Å². The van der Waals surface area contributed by atoms with Crippen LogP contribution in [0.25, 0.3) is 11.0 Å². The topological polar surface area (TPSA) is 49.2 Å². The Labute approximate surface area is 120 Å². The van der Waals surface area contributed by atoms with E-state index in [1.54, 1.807) is 31.4 Å². The highest BCUT2D eigenvalue weighted by molar-refractivity contribution is 7.80. The van der Waals surface area contributed by atoms with Gasteiger partial charge in [-0.05, 0) is 48.6 Å². The molecule has 20 heavy (non-hydrogen) atoms. The number of ether oxygens (including phenoxy) is 2. The van der Waals surface area contributed by atoms with Crippen LogP contribution in [-0.2, 0) is 0 Å². The molecule has 3 rings (SSSR count). The van der Waals surface area contributed by atoms with Gasteiger partial charge in [0.1, 0.15) is 17.0 Å². The van der Waals surface area contributed by atoms with Crippen molar-refractivity contribution in [3.8, 4) is 11.5 Å². The fourth-order valence-electron chi connectivity index (χ4n) is 1.79. The first-order valence-corrected chi connectivity index (χ1v) is 6.35. The van der Waals surface area contributed by atoms with Crippen LogP contribution in [-0.4, -0.2) is 27.3 Å². The lowest BCUT2D eigenvalue weighted by molar-refractivity contribution is 0.413. The molecule has 0 fully saturated rings. The van der Waals surface area contributed by atoms with Crippen molar-refractivity contribution in [3.63, 3.8) is 0 Å². The molecule has 0 N–H and O–H groups in total. The summed E-state index contributed by atoms with van der Waals surface area (Å²) in [6, 6.07) is 14.7. The zero-order valence-electron chi connectivity index (χ0n) is 10.7. The van der Waals surface area contributed by atoms with E-state index in [4.69, 9.17) is 21.7 Å². The van der Waals surface area contributed by atoms with Crippen LogP contribution in [0, 0.1) is 0 Å². The highest BCUT2D eigenvalue weighted by Gasteiger charge is 2.10. The predicted molar refractivity (Wildman–Crippen MR) is 79.1 cm³/mol. The van der Waals surface area contributed by atoms with Crippen molar-refractivity contribution in [2.75, 3.05) is 7.11 Å². The third-order valence-electron chi connectivity index (χ3n) is 2.79. The molecule has 0 bridgehead atoms. The van der Waals surface area contributed by atoms with Crippen LogP contribution in [0.2, 0.25) is 0 Å². The van der Waals surface area contributed by atoms with E-state index >= 15 is 0 Å². The molecule has 0 aliphatic rings. The quantitative estimate of drug-likeness (QED) is 0.677. The lowest BCUT2D eigenvalue weighted by Gasteiger charge is -2.07. The van der Waals surface area contributed by atoms with Gasteiger partial charge in [-0.25, -0.2) is 0 Å². The van der Waals surface area contributed by atoms with Crippen LogP contribution in [0.15, 0.2) is 48.5 Å². The first-order chi connectivity index (χ1) is 9.78. The predicted octanol–water partition coefficient (Wildman–Crippen LogP) is 2.65. The van der Waals surface area contributed by atoms with Gasteiger partial charge < -0.3 is 9.47 Å². The minimum Gasteiger partial charge on any atom is -0.497 e. The Hall–Kier alpha value is -2.47. The molecular formula is C14H11N3O2S. The van der Waals surface area contributed by atoms with E-state index in [2.05, 4.69) is 10.3 Å². The second-order valence-electron chi connectivity index (χ2n) is 4.03. The maximum atomic E-state index is 5.60. The Morgan fingerprint density at radius 3 is 2.50 bits per heavy atom. The average Bonchev–Trinajstić information content (AvgIpc) is 2.92. The number of rotatable bonds is 2. The highest BCUT2D eigenvalue weighted by Crippen LogP contribution is 2.18. The molecule has 0 aliphatic heterocycles. The Bertz CT molecular complexity index is 752. The lowest BCUT2D eigenvalue weighted by Crippen LogP contribution is -2.17. The first-order valence-electron chi connectivity index (χ1n) is 5.94. The summed E-state index contributed by atoms with van der Waals surface area (Å²) < 4.78 is 12.2. The van der Waals surface area contributed by atoms with Gasteiger partial charge in [0.2, 0.25) is 0 Å². The molecule has 2 aromatic carbocycles. The molecule has 0 saturated carbocycles. The molecule has 6 heteroatoms. The summed E-state index contributed by atoms with van der Waals surface area (Å²) >= 11 is 5.25. The van der Waals surface area contributed by atoms with Gasteiger partial charge in [-0.3, -0.25) is 0 Å². The van der Waals surface area contributed by atoms with E-state index in [0.29, 0.717) is 5.75 Å². The fourth-order valence-corrected chi connectivity index (χ4v) is 2.02. The van der Waals surface area contributed by atoms with Crippen molar-refractivity contribution in [2.24, 2.45) is 0 Å². The Balaban J connectivity index is 1.85. The minimum atomic E-state index is 0.226. The van der Waals surface area contributed by atoms with E-state index < -0.39 is 0 Å². The smallest absolute Gasteiger partial charge is 0.292 e. The Morgan fingerprint density at radius 1 is 1.05 bits per heavy atom. The molecule has 1 heterocycles. The SMILES string of the molecule is COc1ccc(OC(=S)n2nnc3ccccc32)cc1. The van der Waals surface area contributed by atoms with E-state index in [-0.39, 0.29) is 5.17 Å². The third-order valence-corrected chi connectivity index (χ3v) is 3.05. The first kappa shape index (κ1) is 12.6. The summed E-state index contributed by atoms with van der Waals surface area (Å²) in [5, 5.41) is 8.26. The number of hydrogen-bond donors (Lipinski definition) is 0. The van der Waals surface area contributed by atoms with Crippen molar-refractivity contribution < 1.29 is 9.47 Å². The molecule has 0 spiro atoms. The van der Waals surface area contributed by atoms with Crippen molar-refractivity contribution in [3.05, 3.63) is 48.5 Å². The monoisotopic (exact) mass is 285 g/mol. The van der Waals surface area contributed by atoms with E-state index in [0.717, 1.165) is 16.8 Å². The second-order valence-corrected chi connectivity index (χ2v) is 4.38. The maximum Gasteiger partial charge on any atom is 0.292 e. The van der Waals surface area contributed by atoms with Gasteiger partial charge in [0.05, 0.1) is 12.6 Å². The standard InChI is InChI=1S/C14H11N3O2S/c1-18-10-6-8-11(9-7-10)19-14(20)17-13-5-3-2-4-12(13)15-16-17/h2-9H,1H3. The van der Waals surface area contributed by atoms with Gasteiger partial charge in [0.25, 0.3) is 5.17 Å². The van der Waals surface area contributed by atoms with Crippen LogP contribution in [0.1, 0.15) is 0 Å². The van der Waals surface area contributed by atoms with Crippen LogP contribution in [0.5, 0.6) is 11.5 Å². The Morgan fingerprint density at radius 2 is 1.75 bits per heavy atom. The number of benzene rings is 2. The summed E-state index contributed by atoms with van der Waals surface area (Å²) in [5.41, 5.74) is 1.58. The number of methoxy groups -OCH3 is 1. The summed E-state index contributed by atoms with van der Waals surface area (Å²) in [5.74, 6) is 1.38. The van der Waals surface area contributed by atoms with Crippen molar-refractivity contribution >= 4 is 28.4 Å². The largest absolute Gasteiger partial charge is 0.497 e. The van der Waals surface area contributed by atoms with E-state index in [1.165, 1.54) is 4.68 Å². The summed E-state index contributed by atoms with van der Waals surface area (Å²) in [6.07, 6.45) is 0. The van der Waals surface area contributed by atoms with Gasteiger partial charge >= 0.3 is 0 Å². The van der Waals surface area contributed by atoms with Crippen LogP contribution >= 0.6 is 12.2 Å². The van der Waals surface area contributed by atoms with Gasteiger partial charge in [0, 0.05) is 0 Å². The normalized spacial score (nSPS) is 10.4. The fraction of sp³-hybridized carbons (Fsp3) is 0.0714. The number of aromatic nitrogens is 3. The number of nitrogens with zero attached hydrogens (tertiary/aromatic N) is 3. The molecule has 3 aromatic rings. The summed E-state index contributed by atoms with van der Waals surface area (Å²) in [7, 11) is 1.61. The summed E-state index contributed by atoms with van der Waals surface area (Å²) in [4.78, 5) is 0. The Kier molecular flexibility index (Phi) is 3.30. The molecule has 0 unspecified atom stereocenters. The molecular weight excluding hydrogens is 274 g/mol. The van der Waals surface area contributed by atoms with Crippen molar-refractivity contribution in [1.29, 1.82) is 0 Å². The molecule has 0 aliphatic carbocycles. The summed E-state index contributed by atoms with van der Waals surface area (Å²) in [6.45, 7) is 0. The number of fused-ring (bicyclic) bond motifs is 1. The second kappa shape index (κ2) is 5.26. The zero-order chi connectivity index (χ0) is 13.9. The highest BCUT2D eigenvalue weighted by atomic mass is 32.1.